The van der Waals surface area contributed by atoms with Crippen molar-refractivity contribution in [3.05, 3.63) is 102 Å². The Morgan fingerprint density at radius 1 is 0.939 bits per heavy atom. The van der Waals surface area contributed by atoms with Gasteiger partial charge in [-0.15, -0.1) is 0 Å². The van der Waals surface area contributed by atoms with Crippen LogP contribution in [0.4, 0.5) is 0 Å². The number of ether oxygens (including phenoxy) is 1. The third-order valence-electron chi connectivity index (χ3n) is 5.86. The van der Waals surface area contributed by atoms with Gasteiger partial charge in [0.25, 0.3) is 5.91 Å². The fourth-order valence-corrected chi connectivity index (χ4v) is 4.24. The number of aromatic nitrogens is 2. The Labute approximate surface area is 195 Å². The molecule has 5 nitrogen and oxygen atoms in total. The number of rotatable bonds is 8. The number of benzene rings is 3. The molecule has 1 aromatic heterocycles. The van der Waals surface area contributed by atoms with Gasteiger partial charge >= 0.3 is 0 Å². The largest absolute Gasteiger partial charge is 0.480 e. The van der Waals surface area contributed by atoms with Crippen molar-refractivity contribution in [1.82, 2.24) is 15.1 Å². The Morgan fingerprint density at radius 2 is 1.52 bits per heavy atom. The third kappa shape index (κ3) is 4.53. The predicted molar refractivity (Wildman–Crippen MR) is 132 cm³/mol. The molecular weight excluding hydrogens is 410 g/mol. The number of carbonyl (C=O) groups is 1. The third-order valence-corrected chi connectivity index (χ3v) is 5.86. The summed E-state index contributed by atoms with van der Waals surface area (Å²) in [6.07, 6.45) is 1.73. The number of methoxy groups -OCH3 is 1. The molecule has 0 fully saturated rings. The summed E-state index contributed by atoms with van der Waals surface area (Å²) >= 11 is 0. The molecule has 168 valence electrons. The second kappa shape index (κ2) is 9.74. The highest BCUT2D eigenvalue weighted by atomic mass is 16.5. The van der Waals surface area contributed by atoms with Crippen LogP contribution in [0.25, 0.3) is 16.9 Å². The molecule has 0 radical (unpaired) electrons. The molecule has 0 saturated heterocycles. The number of carbonyl (C=O) groups excluding carboxylic acids is 1. The van der Waals surface area contributed by atoms with Gasteiger partial charge < -0.3 is 10.1 Å². The zero-order chi connectivity index (χ0) is 23.3. The molecule has 0 aliphatic heterocycles. The van der Waals surface area contributed by atoms with Gasteiger partial charge in [-0.2, -0.15) is 9.78 Å². The van der Waals surface area contributed by atoms with Gasteiger partial charge in [-0.3, -0.25) is 4.79 Å². The van der Waals surface area contributed by atoms with Gasteiger partial charge in [0.15, 0.2) is 0 Å². The van der Waals surface area contributed by atoms with E-state index in [1.165, 1.54) is 0 Å². The van der Waals surface area contributed by atoms with E-state index in [1.54, 1.807) is 11.8 Å². The van der Waals surface area contributed by atoms with Gasteiger partial charge in [-0.05, 0) is 31.0 Å². The van der Waals surface area contributed by atoms with Crippen molar-refractivity contribution in [2.45, 2.75) is 32.2 Å². The maximum atomic E-state index is 13.9. The Kier molecular flexibility index (Phi) is 6.59. The molecular formula is C28H29N3O2. The highest BCUT2D eigenvalue weighted by Crippen LogP contribution is 2.34. The van der Waals surface area contributed by atoms with Crippen LogP contribution < -0.4 is 10.1 Å². The molecule has 5 heteroatoms. The topological polar surface area (TPSA) is 56.2 Å². The van der Waals surface area contributed by atoms with Crippen molar-refractivity contribution in [3.8, 4) is 22.8 Å². The summed E-state index contributed by atoms with van der Waals surface area (Å²) in [7, 11) is 1.57. The van der Waals surface area contributed by atoms with Crippen LogP contribution in [0.3, 0.4) is 0 Å². The van der Waals surface area contributed by atoms with Crippen LogP contribution in [0, 0.1) is 0 Å². The minimum Gasteiger partial charge on any atom is -0.480 e. The zero-order valence-electron chi connectivity index (χ0n) is 19.3. The average molecular weight is 440 g/mol. The number of amides is 1. The molecule has 1 amide bonds. The van der Waals surface area contributed by atoms with Gasteiger partial charge in [-0.25, -0.2) is 0 Å². The molecule has 1 N–H and O–H groups in total. The number of hydrogen-bond acceptors (Lipinski definition) is 3. The number of para-hydroxylation sites is 1. The van der Waals surface area contributed by atoms with Crippen LogP contribution >= 0.6 is 0 Å². The standard InChI is InChI=1S/C28H29N3O2/c1-4-20-28(2,22-16-10-6-11-17-22)29-26(32)24-25(21-14-8-5-9-15-21)30-31(27(24)33-3)23-18-12-7-13-19-23/h5-19H,4,20H2,1-3H3,(H,29,32). The van der Waals surface area contributed by atoms with Gasteiger partial charge in [0.05, 0.1) is 18.3 Å². The highest BCUT2D eigenvalue weighted by Gasteiger charge is 2.33. The summed E-state index contributed by atoms with van der Waals surface area (Å²) in [5.41, 5.74) is 3.22. The first-order chi connectivity index (χ1) is 16.1. The maximum absolute atomic E-state index is 13.9. The van der Waals surface area contributed by atoms with Gasteiger partial charge in [0.1, 0.15) is 11.3 Å². The average Bonchev–Trinajstić information content (AvgIpc) is 3.26. The molecule has 1 unspecified atom stereocenters. The quantitative estimate of drug-likeness (QED) is 0.367. The fourth-order valence-electron chi connectivity index (χ4n) is 4.24. The molecule has 33 heavy (non-hydrogen) atoms. The Morgan fingerprint density at radius 3 is 2.09 bits per heavy atom. The summed E-state index contributed by atoms with van der Waals surface area (Å²) in [4.78, 5) is 13.9. The highest BCUT2D eigenvalue weighted by molar-refractivity contribution is 6.03. The first-order valence-electron chi connectivity index (χ1n) is 11.2. The molecule has 0 aliphatic rings. The lowest BCUT2D eigenvalue weighted by Crippen LogP contribution is -2.43. The Bertz CT molecular complexity index is 1200. The maximum Gasteiger partial charge on any atom is 0.259 e. The normalized spacial score (nSPS) is 12.7. The van der Waals surface area contributed by atoms with Crippen LogP contribution in [0.1, 0.15) is 42.6 Å². The number of nitrogens with one attached hydrogen (secondary N) is 1. The second-order valence-corrected chi connectivity index (χ2v) is 8.25. The van der Waals surface area contributed by atoms with E-state index < -0.39 is 5.54 Å². The van der Waals surface area contributed by atoms with Crippen molar-refractivity contribution < 1.29 is 9.53 Å². The zero-order valence-corrected chi connectivity index (χ0v) is 19.3. The van der Waals surface area contributed by atoms with Crippen molar-refractivity contribution in [2.24, 2.45) is 0 Å². The van der Waals surface area contributed by atoms with Crippen LogP contribution in [-0.4, -0.2) is 22.8 Å². The summed E-state index contributed by atoms with van der Waals surface area (Å²) < 4.78 is 7.47. The molecule has 0 bridgehead atoms. The molecule has 4 rings (SSSR count). The van der Waals surface area contributed by atoms with Crippen LogP contribution in [0.15, 0.2) is 91.0 Å². The summed E-state index contributed by atoms with van der Waals surface area (Å²) in [5, 5.41) is 8.13. The molecule has 1 atom stereocenters. The van der Waals surface area contributed by atoms with E-state index in [9.17, 15) is 4.79 Å². The van der Waals surface area contributed by atoms with E-state index in [2.05, 4.69) is 31.3 Å². The van der Waals surface area contributed by atoms with E-state index >= 15 is 0 Å². The summed E-state index contributed by atoms with van der Waals surface area (Å²) in [5.74, 6) is 0.192. The number of nitrogens with zero attached hydrogens (tertiary/aromatic N) is 2. The van der Waals surface area contributed by atoms with E-state index in [0.29, 0.717) is 17.1 Å². The minimum absolute atomic E-state index is 0.215. The minimum atomic E-state index is -0.527. The van der Waals surface area contributed by atoms with E-state index in [-0.39, 0.29) is 5.91 Å². The van der Waals surface area contributed by atoms with E-state index in [0.717, 1.165) is 29.7 Å². The van der Waals surface area contributed by atoms with Crippen LogP contribution in [0.2, 0.25) is 0 Å². The van der Waals surface area contributed by atoms with Crippen molar-refractivity contribution in [3.63, 3.8) is 0 Å². The summed E-state index contributed by atoms with van der Waals surface area (Å²) in [6, 6.07) is 29.5. The van der Waals surface area contributed by atoms with E-state index in [4.69, 9.17) is 9.84 Å². The summed E-state index contributed by atoms with van der Waals surface area (Å²) in [6.45, 7) is 4.19. The number of hydrogen-bond donors (Lipinski definition) is 1. The monoisotopic (exact) mass is 439 g/mol. The molecule has 3 aromatic carbocycles. The van der Waals surface area contributed by atoms with Crippen molar-refractivity contribution in [2.75, 3.05) is 7.11 Å². The van der Waals surface area contributed by atoms with E-state index in [1.807, 2.05) is 78.9 Å². The van der Waals surface area contributed by atoms with Crippen LogP contribution in [0.5, 0.6) is 5.88 Å². The molecule has 1 heterocycles. The predicted octanol–water partition coefficient (Wildman–Crippen LogP) is 5.99. The van der Waals surface area contributed by atoms with Gasteiger partial charge in [-0.1, -0.05) is 92.2 Å². The molecule has 4 aromatic rings. The Balaban J connectivity index is 1.85. The molecule has 0 spiro atoms. The SMILES string of the molecule is CCCC(C)(NC(=O)c1c(-c2ccccc2)nn(-c2ccccc2)c1OC)c1ccccc1. The molecule has 0 saturated carbocycles. The molecule has 0 aliphatic carbocycles. The fraction of sp³-hybridized carbons (Fsp3) is 0.214. The first-order valence-corrected chi connectivity index (χ1v) is 11.2. The van der Waals surface area contributed by atoms with Gasteiger partial charge in [0.2, 0.25) is 5.88 Å². The first kappa shape index (κ1) is 22.3. The van der Waals surface area contributed by atoms with Crippen LogP contribution in [-0.2, 0) is 5.54 Å². The second-order valence-electron chi connectivity index (χ2n) is 8.25. The Hall–Kier alpha value is -3.86. The lowest BCUT2D eigenvalue weighted by molar-refractivity contribution is 0.0896. The van der Waals surface area contributed by atoms with Crippen molar-refractivity contribution in [1.29, 1.82) is 0 Å². The van der Waals surface area contributed by atoms with Gasteiger partial charge in [0, 0.05) is 5.56 Å². The smallest absolute Gasteiger partial charge is 0.259 e. The lowest BCUT2D eigenvalue weighted by Gasteiger charge is -2.31. The lowest BCUT2D eigenvalue weighted by atomic mass is 9.87. The van der Waals surface area contributed by atoms with Crippen molar-refractivity contribution >= 4 is 5.91 Å².